The first kappa shape index (κ1) is 29.0. The molecular weight excluding hydrogens is 604 g/mol. The van der Waals surface area contributed by atoms with Gasteiger partial charge in [0.2, 0.25) is 5.91 Å². The third-order valence-corrected chi connectivity index (χ3v) is 10.2. The van der Waals surface area contributed by atoms with E-state index in [-0.39, 0.29) is 29.4 Å². The molecule has 1 saturated carbocycles. The molecule has 3 aliphatic rings. The fourth-order valence-electron chi connectivity index (χ4n) is 6.70. The normalized spacial score (nSPS) is 18.0. The number of aromatic nitrogens is 3. The summed E-state index contributed by atoms with van der Waals surface area (Å²) < 4.78 is 39.6. The second-order valence-corrected chi connectivity index (χ2v) is 13.5. The number of hydrogen-bond donors (Lipinski definition) is 0. The minimum absolute atomic E-state index is 0.0706. The topological polar surface area (TPSA) is 63.5 Å². The molecule has 5 heterocycles. The molecule has 0 N–H and O–H groups in total. The van der Waals surface area contributed by atoms with Crippen molar-refractivity contribution in [2.24, 2.45) is 0 Å². The molecule has 0 unspecified atom stereocenters. The molecule has 2 aliphatic heterocycles. The van der Waals surface area contributed by atoms with Crippen LogP contribution in [0.3, 0.4) is 0 Å². The summed E-state index contributed by atoms with van der Waals surface area (Å²) in [5, 5.41) is 7.86. The Balaban J connectivity index is 1.37. The molecule has 0 radical (unpaired) electrons. The highest BCUT2D eigenvalue weighted by atomic mass is 32.1. The lowest BCUT2D eigenvalue weighted by atomic mass is 9.93. The number of amides is 1. The van der Waals surface area contributed by atoms with Gasteiger partial charge in [0.05, 0.1) is 36.1 Å². The van der Waals surface area contributed by atoms with Crippen molar-refractivity contribution in [1.82, 2.24) is 24.6 Å². The zero-order chi connectivity index (χ0) is 31.7. The number of likely N-dealkylation sites (N-methyl/N-ethyl adjacent to an activating group) is 1. The number of thiophene rings is 1. The van der Waals surface area contributed by atoms with Crippen molar-refractivity contribution in [3.63, 3.8) is 0 Å². The Bertz CT molecular complexity index is 2050. The van der Waals surface area contributed by atoms with E-state index in [4.69, 9.17) is 14.8 Å². The maximum Gasteiger partial charge on any atom is 0.246 e. The number of hydrogen-bond acceptors (Lipinski definition) is 6. The summed E-state index contributed by atoms with van der Waals surface area (Å²) in [6.07, 6.45) is 3.90. The second-order valence-electron chi connectivity index (χ2n) is 12.6. The van der Waals surface area contributed by atoms with E-state index >= 15 is 4.39 Å². The Morgan fingerprint density at radius 3 is 2.72 bits per heavy atom. The third-order valence-electron chi connectivity index (χ3n) is 9.24. The standard InChI is InChI=1S/C36H33F2N5O2S/c1-4-31(44)42-19-25-16-29(40-43(25)17-20(42)2)35-33(32-28(38)14-24(37)15-30(32)45-26-7-8-26)36-27(10-12-46-36)34(39-35)22-5-6-23-18-41(3)11-9-21(23)13-22/h4-6,10,12-16,20,26H,1,7-9,11,17-19H2,2-3H3/t20-/m1/s1. The van der Waals surface area contributed by atoms with Gasteiger partial charge in [-0.05, 0) is 74.0 Å². The van der Waals surface area contributed by atoms with Gasteiger partial charge in [-0.2, -0.15) is 5.10 Å². The average molecular weight is 638 g/mol. The zero-order valence-electron chi connectivity index (χ0n) is 25.7. The van der Waals surface area contributed by atoms with E-state index in [0.717, 1.165) is 65.5 Å². The number of halogens is 2. The van der Waals surface area contributed by atoms with Crippen molar-refractivity contribution in [3.8, 4) is 39.5 Å². The lowest BCUT2D eigenvalue weighted by Crippen LogP contribution is -2.44. The van der Waals surface area contributed by atoms with Gasteiger partial charge in [0.15, 0.2) is 0 Å². The Morgan fingerprint density at radius 1 is 1.07 bits per heavy atom. The highest BCUT2D eigenvalue weighted by Crippen LogP contribution is 2.48. The zero-order valence-corrected chi connectivity index (χ0v) is 26.5. The number of nitrogens with zero attached hydrogens (tertiary/aromatic N) is 5. The first-order valence-electron chi connectivity index (χ1n) is 15.7. The van der Waals surface area contributed by atoms with Crippen LogP contribution in [0.5, 0.6) is 5.75 Å². The minimum Gasteiger partial charge on any atom is -0.490 e. The van der Waals surface area contributed by atoms with Crippen molar-refractivity contribution >= 4 is 27.3 Å². The first-order chi connectivity index (χ1) is 22.3. The van der Waals surface area contributed by atoms with E-state index < -0.39 is 11.6 Å². The van der Waals surface area contributed by atoms with Crippen molar-refractivity contribution in [1.29, 1.82) is 0 Å². The van der Waals surface area contributed by atoms with Gasteiger partial charge in [-0.25, -0.2) is 13.8 Å². The number of carbonyl (C=O) groups is 1. The van der Waals surface area contributed by atoms with Crippen LogP contribution >= 0.6 is 11.3 Å². The first-order valence-corrected chi connectivity index (χ1v) is 16.5. The SMILES string of the molecule is C=CC(=O)N1Cc2cc(-c3nc(-c4ccc5c(c4)CCN(C)C5)c4ccsc4c3-c3c(F)cc(F)cc3OC3CC3)nn2C[C@H]1C. The van der Waals surface area contributed by atoms with Crippen LogP contribution in [-0.2, 0) is 30.8 Å². The molecule has 0 saturated heterocycles. The molecule has 0 bridgehead atoms. The Kier molecular flexibility index (Phi) is 7.02. The fraction of sp³-hybridized carbons (Fsp3) is 0.306. The maximum atomic E-state index is 16.1. The van der Waals surface area contributed by atoms with E-state index in [1.165, 1.54) is 34.6 Å². The molecule has 234 valence electrons. The molecule has 1 fully saturated rings. The van der Waals surface area contributed by atoms with Gasteiger partial charge >= 0.3 is 0 Å². The lowest BCUT2D eigenvalue weighted by Gasteiger charge is -2.33. The van der Waals surface area contributed by atoms with E-state index in [1.807, 2.05) is 29.1 Å². The summed E-state index contributed by atoms with van der Waals surface area (Å²) in [4.78, 5) is 22.0. The predicted molar refractivity (Wildman–Crippen MR) is 176 cm³/mol. The highest BCUT2D eigenvalue weighted by Gasteiger charge is 2.32. The largest absolute Gasteiger partial charge is 0.490 e. The molecule has 8 rings (SSSR count). The summed E-state index contributed by atoms with van der Waals surface area (Å²) in [5.74, 6) is -1.37. The van der Waals surface area contributed by atoms with Gasteiger partial charge in [-0.3, -0.25) is 9.48 Å². The number of pyridine rings is 1. The van der Waals surface area contributed by atoms with E-state index in [2.05, 4.69) is 36.7 Å². The van der Waals surface area contributed by atoms with E-state index in [1.54, 1.807) is 4.90 Å². The monoisotopic (exact) mass is 637 g/mol. The summed E-state index contributed by atoms with van der Waals surface area (Å²) in [6.45, 7) is 8.40. The predicted octanol–water partition coefficient (Wildman–Crippen LogP) is 7.22. The molecule has 7 nitrogen and oxygen atoms in total. The summed E-state index contributed by atoms with van der Waals surface area (Å²) in [6, 6.07) is 12.6. The molecule has 1 amide bonds. The van der Waals surface area contributed by atoms with Crippen molar-refractivity contribution < 1.29 is 18.3 Å². The van der Waals surface area contributed by atoms with Crippen LogP contribution in [0.2, 0.25) is 0 Å². The summed E-state index contributed by atoms with van der Waals surface area (Å²) in [5.41, 5.74) is 6.98. The smallest absolute Gasteiger partial charge is 0.246 e. The van der Waals surface area contributed by atoms with Crippen molar-refractivity contribution in [2.75, 3.05) is 13.6 Å². The van der Waals surface area contributed by atoms with E-state index in [9.17, 15) is 9.18 Å². The second kappa shape index (κ2) is 11.1. The van der Waals surface area contributed by atoms with Crippen LogP contribution in [0.1, 0.15) is 36.6 Å². The van der Waals surface area contributed by atoms with Crippen LogP contribution in [0.15, 0.2) is 60.5 Å². The number of fused-ring (bicyclic) bond motifs is 3. The molecule has 0 spiro atoms. The van der Waals surface area contributed by atoms with Crippen molar-refractivity contribution in [3.05, 3.63) is 89.0 Å². The molecule has 46 heavy (non-hydrogen) atoms. The van der Waals surface area contributed by atoms with Crippen LogP contribution in [0, 0.1) is 11.6 Å². The Labute approximate surface area is 269 Å². The van der Waals surface area contributed by atoms with Gasteiger partial charge in [0, 0.05) is 52.5 Å². The fourth-order valence-corrected chi connectivity index (χ4v) is 7.65. The number of rotatable bonds is 6. The van der Waals surface area contributed by atoms with Gasteiger partial charge in [0.1, 0.15) is 28.8 Å². The van der Waals surface area contributed by atoms with Crippen LogP contribution in [0.25, 0.3) is 43.9 Å². The molecule has 2 aromatic carbocycles. The molecule has 3 aromatic heterocycles. The average Bonchev–Trinajstić information content (AvgIpc) is 3.54. The number of ether oxygens (including phenoxy) is 1. The molecule has 1 aliphatic carbocycles. The lowest BCUT2D eigenvalue weighted by molar-refractivity contribution is -0.129. The van der Waals surface area contributed by atoms with E-state index in [0.29, 0.717) is 30.0 Å². The van der Waals surface area contributed by atoms with Gasteiger partial charge in [-0.15, -0.1) is 11.3 Å². The Hall–Kier alpha value is -4.41. The third kappa shape index (κ3) is 5.00. The van der Waals surface area contributed by atoms with Crippen molar-refractivity contribution in [2.45, 2.75) is 58.0 Å². The molecule has 10 heteroatoms. The van der Waals surface area contributed by atoms with Crippen LogP contribution < -0.4 is 4.74 Å². The minimum atomic E-state index is -0.709. The Morgan fingerprint density at radius 2 is 1.91 bits per heavy atom. The van der Waals surface area contributed by atoms with Crippen LogP contribution in [-0.4, -0.2) is 56.2 Å². The number of carbonyl (C=O) groups excluding carboxylic acids is 1. The quantitative estimate of drug-likeness (QED) is 0.184. The maximum absolute atomic E-state index is 16.1. The highest BCUT2D eigenvalue weighted by molar-refractivity contribution is 7.18. The van der Waals surface area contributed by atoms with Gasteiger partial charge in [0.25, 0.3) is 0 Å². The van der Waals surface area contributed by atoms with Gasteiger partial charge in [-0.1, -0.05) is 18.7 Å². The molecular formula is C36H33F2N5O2S. The molecule has 1 atom stereocenters. The summed E-state index contributed by atoms with van der Waals surface area (Å²) >= 11 is 1.49. The summed E-state index contributed by atoms with van der Waals surface area (Å²) in [7, 11) is 2.13. The number of benzene rings is 2. The van der Waals surface area contributed by atoms with Crippen LogP contribution in [0.4, 0.5) is 8.78 Å². The molecule has 5 aromatic rings. The van der Waals surface area contributed by atoms with Gasteiger partial charge < -0.3 is 14.5 Å².